The van der Waals surface area contributed by atoms with Crippen molar-refractivity contribution in [3.8, 4) is 0 Å². The number of carbonyl (C=O) groups excluding carboxylic acids is 1. The van der Waals surface area contributed by atoms with Crippen LogP contribution in [-0.4, -0.2) is 23.8 Å². The Morgan fingerprint density at radius 2 is 1.60 bits per heavy atom. The van der Waals surface area contributed by atoms with E-state index in [4.69, 9.17) is 10.5 Å². The van der Waals surface area contributed by atoms with Crippen LogP contribution in [0.2, 0.25) is 0 Å². The fourth-order valence-electron chi connectivity index (χ4n) is 2.65. The Bertz CT molecular complexity index is 287. The van der Waals surface area contributed by atoms with Gasteiger partial charge < -0.3 is 15.8 Å². The summed E-state index contributed by atoms with van der Waals surface area (Å²) < 4.78 is 5.34. The van der Waals surface area contributed by atoms with Crippen LogP contribution in [0.5, 0.6) is 0 Å². The Morgan fingerprint density at radius 1 is 1.00 bits per heavy atom. The number of hydrogen-bond donors (Lipinski definition) is 2. The van der Waals surface area contributed by atoms with Crippen molar-refractivity contribution < 1.29 is 9.53 Å². The van der Waals surface area contributed by atoms with Gasteiger partial charge in [0.25, 0.3) is 0 Å². The number of alkyl carbamates (subject to hydrolysis) is 1. The summed E-state index contributed by atoms with van der Waals surface area (Å²) in [7, 11) is 0. The third-order valence-corrected chi connectivity index (χ3v) is 3.73. The number of carbonyl (C=O) groups is 1. The van der Waals surface area contributed by atoms with Gasteiger partial charge in [0.1, 0.15) is 5.60 Å². The molecule has 0 bridgehead atoms. The molecule has 1 rings (SSSR count). The third-order valence-electron chi connectivity index (χ3n) is 3.73. The number of ether oxygens (including phenoxy) is 1. The van der Waals surface area contributed by atoms with Crippen molar-refractivity contribution in [1.29, 1.82) is 0 Å². The van der Waals surface area contributed by atoms with Crippen LogP contribution in [-0.2, 0) is 4.74 Å². The first-order valence-electron chi connectivity index (χ1n) is 8.12. The van der Waals surface area contributed by atoms with E-state index in [0.717, 1.165) is 25.7 Å². The summed E-state index contributed by atoms with van der Waals surface area (Å²) in [6, 6.07) is 0.477. The van der Waals surface area contributed by atoms with Gasteiger partial charge in [-0.25, -0.2) is 4.79 Å². The van der Waals surface area contributed by atoms with Crippen LogP contribution in [0.25, 0.3) is 0 Å². The van der Waals surface area contributed by atoms with E-state index in [-0.39, 0.29) is 18.2 Å². The fourth-order valence-corrected chi connectivity index (χ4v) is 2.65. The van der Waals surface area contributed by atoms with Crippen molar-refractivity contribution >= 4 is 6.09 Å². The van der Waals surface area contributed by atoms with Crippen LogP contribution in [0, 0.1) is 0 Å². The summed E-state index contributed by atoms with van der Waals surface area (Å²) in [5.41, 5.74) is 5.69. The average molecular weight is 284 g/mol. The molecule has 0 radical (unpaired) electrons. The summed E-state index contributed by atoms with van der Waals surface area (Å²) in [5, 5.41) is 3.02. The van der Waals surface area contributed by atoms with Gasteiger partial charge in [-0.15, -0.1) is 0 Å². The first-order chi connectivity index (χ1) is 9.37. The minimum absolute atomic E-state index is 0.203. The van der Waals surface area contributed by atoms with Crippen LogP contribution in [0.15, 0.2) is 0 Å². The van der Waals surface area contributed by atoms with Crippen molar-refractivity contribution in [1.82, 2.24) is 5.32 Å². The molecule has 2 atom stereocenters. The van der Waals surface area contributed by atoms with E-state index in [2.05, 4.69) is 5.32 Å². The highest BCUT2D eigenvalue weighted by Gasteiger charge is 2.20. The van der Waals surface area contributed by atoms with Gasteiger partial charge in [-0.05, 0) is 46.5 Å². The molecule has 0 aliphatic heterocycles. The van der Waals surface area contributed by atoms with Crippen LogP contribution in [0.4, 0.5) is 4.79 Å². The van der Waals surface area contributed by atoms with Crippen molar-refractivity contribution in [3.63, 3.8) is 0 Å². The standard InChI is InChI=1S/C16H32N2O2/c1-16(2,3)20-15(19)18-14-10-8-6-4-5-7-9-13(17)11-12-14/h13-14H,4-12,17H2,1-3H3,(H,18,19). The minimum Gasteiger partial charge on any atom is -0.444 e. The van der Waals surface area contributed by atoms with E-state index >= 15 is 0 Å². The van der Waals surface area contributed by atoms with E-state index in [0.29, 0.717) is 0 Å². The Balaban J connectivity index is 2.44. The quantitative estimate of drug-likeness (QED) is 0.771. The molecule has 1 fully saturated rings. The lowest BCUT2D eigenvalue weighted by atomic mass is 10.0. The average Bonchev–Trinajstić information content (AvgIpc) is 2.35. The zero-order chi connectivity index (χ0) is 15.0. The normalized spacial score (nSPS) is 26.4. The zero-order valence-corrected chi connectivity index (χ0v) is 13.4. The second-order valence-corrected chi connectivity index (χ2v) is 7.03. The summed E-state index contributed by atoms with van der Waals surface area (Å²) >= 11 is 0. The molecule has 20 heavy (non-hydrogen) atoms. The Morgan fingerprint density at radius 3 is 2.25 bits per heavy atom. The van der Waals surface area contributed by atoms with E-state index in [1.165, 1.54) is 32.1 Å². The van der Waals surface area contributed by atoms with Gasteiger partial charge in [0.2, 0.25) is 0 Å². The highest BCUT2D eigenvalue weighted by atomic mass is 16.6. The van der Waals surface area contributed by atoms with Gasteiger partial charge in [-0.3, -0.25) is 0 Å². The Kier molecular flexibility index (Phi) is 7.35. The molecule has 2 unspecified atom stereocenters. The zero-order valence-electron chi connectivity index (χ0n) is 13.4. The summed E-state index contributed by atoms with van der Waals surface area (Å²) in [4.78, 5) is 11.9. The number of nitrogens with two attached hydrogens (primary N) is 1. The SMILES string of the molecule is CC(C)(C)OC(=O)NC1CCCCCCCC(N)CC1. The molecule has 1 saturated carbocycles. The molecule has 0 aromatic heterocycles. The molecule has 0 heterocycles. The summed E-state index contributed by atoms with van der Waals surface area (Å²) in [5.74, 6) is 0. The maximum absolute atomic E-state index is 11.9. The summed E-state index contributed by atoms with van der Waals surface area (Å²) in [6.07, 6.45) is 10.0. The molecule has 0 spiro atoms. The molecule has 4 heteroatoms. The van der Waals surface area contributed by atoms with Crippen molar-refractivity contribution in [3.05, 3.63) is 0 Å². The number of nitrogens with one attached hydrogen (secondary N) is 1. The summed E-state index contributed by atoms with van der Waals surface area (Å²) in [6.45, 7) is 5.67. The largest absolute Gasteiger partial charge is 0.444 e. The molecule has 0 saturated heterocycles. The second-order valence-electron chi connectivity index (χ2n) is 7.03. The van der Waals surface area contributed by atoms with E-state index in [1.807, 2.05) is 20.8 Å². The Labute approximate surface area is 123 Å². The number of rotatable bonds is 1. The first kappa shape index (κ1) is 17.3. The van der Waals surface area contributed by atoms with Crippen LogP contribution in [0.3, 0.4) is 0 Å². The molecular weight excluding hydrogens is 252 g/mol. The monoisotopic (exact) mass is 284 g/mol. The molecule has 1 aliphatic carbocycles. The first-order valence-corrected chi connectivity index (χ1v) is 8.12. The second kappa shape index (κ2) is 8.50. The predicted octanol–water partition coefficient (Wildman–Crippen LogP) is 3.73. The van der Waals surface area contributed by atoms with Crippen LogP contribution >= 0.6 is 0 Å². The van der Waals surface area contributed by atoms with Gasteiger partial charge in [0.05, 0.1) is 0 Å². The molecule has 1 aliphatic rings. The lowest BCUT2D eigenvalue weighted by Gasteiger charge is -2.24. The Hall–Kier alpha value is -0.770. The molecular formula is C16H32N2O2. The maximum atomic E-state index is 11.9. The van der Waals surface area contributed by atoms with Gasteiger partial charge in [0, 0.05) is 12.1 Å². The lowest BCUT2D eigenvalue weighted by molar-refractivity contribution is 0.0497. The highest BCUT2D eigenvalue weighted by Crippen LogP contribution is 2.17. The molecule has 1 amide bonds. The van der Waals surface area contributed by atoms with E-state index in [1.54, 1.807) is 0 Å². The van der Waals surface area contributed by atoms with E-state index in [9.17, 15) is 4.79 Å². The van der Waals surface area contributed by atoms with Crippen molar-refractivity contribution in [2.45, 2.75) is 96.2 Å². The maximum Gasteiger partial charge on any atom is 0.407 e. The van der Waals surface area contributed by atoms with Crippen molar-refractivity contribution in [2.24, 2.45) is 5.73 Å². The molecule has 0 aromatic carbocycles. The topological polar surface area (TPSA) is 64.3 Å². The highest BCUT2D eigenvalue weighted by molar-refractivity contribution is 5.68. The lowest BCUT2D eigenvalue weighted by Crippen LogP contribution is -2.39. The third kappa shape index (κ3) is 8.41. The minimum atomic E-state index is -0.437. The molecule has 0 aromatic rings. The van der Waals surface area contributed by atoms with Crippen molar-refractivity contribution in [2.75, 3.05) is 0 Å². The van der Waals surface area contributed by atoms with Gasteiger partial charge in [-0.1, -0.05) is 32.1 Å². The molecule has 3 N–H and O–H groups in total. The van der Waals surface area contributed by atoms with Gasteiger partial charge in [0.15, 0.2) is 0 Å². The van der Waals surface area contributed by atoms with Crippen LogP contribution < -0.4 is 11.1 Å². The molecule has 118 valence electrons. The fraction of sp³-hybridized carbons (Fsp3) is 0.938. The van der Waals surface area contributed by atoms with E-state index < -0.39 is 5.60 Å². The number of hydrogen-bond acceptors (Lipinski definition) is 3. The predicted molar refractivity (Wildman–Crippen MR) is 82.7 cm³/mol. The number of amides is 1. The smallest absolute Gasteiger partial charge is 0.407 e. The van der Waals surface area contributed by atoms with Gasteiger partial charge >= 0.3 is 6.09 Å². The molecule has 4 nitrogen and oxygen atoms in total. The van der Waals surface area contributed by atoms with Crippen LogP contribution in [0.1, 0.15) is 78.6 Å². The van der Waals surface area contributed by atoms with Gasteiger partial charge in [-0.2, -0.15) is 0 Å².